The number of rotatable bonds is 5. The van der Waals surface area contributed by atoms with E-state index in [0.717, 1.165) is 16.3 Å². The Hall–Kier alpha value is -3.48. The van der Waals surface area contributed by atoms with Gasteiger partial charge in [-0.2, -0.15) is 0 Å². The lowest BCUT2D eigenvalue weighted by molar-refractivity contribution is 0.0527. The molecule has 5 nitrogen and oxygen atoms in total. The van der Waals surface area contributed by atoms with Gasteiger partial charge in [-0.1, -0.05) is 36.4 Å². The van der Waals surface area contributed by atoms with E-state index in [1.807, 2.05) is 42.5 Å². The quantitative estimate of drug-likeness (QED) is 0.625. The van der Waals surface area contributed by atoms with E-state index in [-0.39, 0.29) is 24.5 Å². The summed E-state index contributed by atoms with van der Waals surface area (Å²) < 4.78 is 36.9. The highest BCUT2D eigenvalue weighted by molar-refractivity contribution is 5.99. The Labute approximate surface area is 159 Å². The third kappa shape index (κ3) is 4.43. The average molecular weight is 385 g/mol. The number of carbonyl (C=O) groups is 2. The summed E-state index contributed by atoms with van der Waals surface area (Å²) >= 11 is 0. The molecule has 0 saturated heterocycles. The molecule has 0 heterocycles. The second-order valence-electron chi connectivity index (χ2n) is 5.92. The van der Waals surface area contributed by atoms with Gasteiger partial charge in [-0.25, -0.2) is 18.4 Å². The summed E-state index contributed by atoms with van der Waals surface area (Å²) in [6.45, 7) is 1.58. The summed E-state index contributed by atoms with van der Waals surface area (Å²) in [5.41, 5.74) is 0.217. The van der Waals surface area contributed by atoms with E-state index in [4.69, 9.17) is 9.47 Å². The summed E-state index contributed by atoms with van der Waals surface area (Å²) in [5.74, 6) is -3.32. The molecule has 1 N–H and O–H groups in total. The maximum atomic E-state index is 13.5. The Bertz CT molecular complexity index is 1040. The number of hydrogen-bond donors (Lipinski definition) is 1. The Morgan fingerprint density at radius 3 is 2.39 bits per heavy atom. The fourth-order valence-electron chi connectivity index (χ4n) is 2.65. The van der Waals surface area contributed by atoms with Crippen LogP contribution in [-0.2, 0) is 16.1 Å². The van der Waals surface area contributed by atoms with E-state index in [9.17, 15) is 18.4 Å². The van der Waals surface area contributed by atoms with Gasteiger partial charge in [0.1, 0.15) is 6.61 Å². The molecule has 7 heteroatoms. The molecular formula is C21H17F2NO4. The third-order valence-electron chi connectivity index (χ3n) is 3.98. The van der Waals surface area contributed by atoms with Crippen molar-refractivity contribution in [3.63, 3.8) is 0 Å². The van der Waals surface area contributed by atoms with Crippen molar-refractivity contribution in [2.45, 2.75) is 13.5 Å². The molecule has 0 aliphatic rings. The minimum Gasteiger partial charge on any atom is -0.462 e. The molecule has 3 aromatic carbocycles. The van der Waals surface area contributed by atoms with Crippen LogP contribution in [0.1, 0.15) is 22.8 Å². The fraction of sp³-hybridized carbons (Fsp3) is 0.143. The van der Waals surface area contributed by atoms with Gasteiger partial charge in [0.05, 0.1) is 17.9 Å². The lowest BCUT2D eigenvalue weighted by atomic mass is 10.1. The van der Waals surface area contributed by atoms with Crippen molar-refractivity contribution in [1.29, 1.82) is 0 Å². The maximum absolute atomic E-state index is 13.5. The van der Waals surface area contributed by atoms with Crippen LogP contribution in [0.25, 0.3) is 10.8 Å². The summed E-state index contributed by atoms with van der Waals surface area (Å²) in [6.07, 6.45) is -0.912. The lowest BCUT2D eigenvalue weighted by Crippen LogP contribution is -2.17. The van der Waals surface area contributed by atoms with Gasteiger partial charge in [-0.05, 0) is 35.4 Å². The molecule has 0 spiro atoms. The highest BCUT2D eigenvalue weighted by Gasteiger charge is 2.19. The highest BCUT2D eigenvalue weighted by Crippen LogP contribution is 2.22. The van der Waals surface area contributed by atoms with E-state index in [1.165, 1.54) is 0 Å². The molecule has 1 amide bonds. The normalized spacial score (nSPS) is 10.5. The molecule has 28 heavy (non-hydrogen) atoms. The zero-order chi connectivity index (χ0) is 20.1. The summed E-state index contributed by atoms with van der Waals surface area (Å²) in [6, 6.07) is 14.7. The van der Waals surface area contributed by atoms with Gasteiger partial charge in [0.15, 0.2) is 11.6 Å². The molecular weight excluding hydrogens is 368 g/mol. The molecule has 0 radical (unpaired) electrons. The fourth-order valence-corrected chi connectivity index (χ4v) is 2.65. The van der Waals surface area contributed by atoms with Gasteiger partial charge < -0.3 is 9.47 Å². The first-order valence-electron chi connectivity index (χ1n) is 8.55. The molecule has 0 saturated carbocycles. The molecule has 3 rings (SSSR count). The van der Waals surface area contributed by atoms with Crippen molar-refractivity contribution in [3.8, 4) is 0 Å². The summed E-state index contributed by atoms with van der Waals surface area (Å²) in [7, 11) is 0. The standard InChI is InChI=1S/C21H17F2NO4/c1-2-27-20(25)16-10-17(22)18(23)11-19(16)24-21(26)28-12-13-7-8-14-5-3-4-6-15(14)9-13/h3-11H,2,12H2,1H3,(H,24,26). The Morgan fingerprint density at radius 2 is 1.64 bits per heavy atom. The Kier molecular flexibility index (Phi) is 5.84. The second-order valence-corrected chi connectivity index (χ2v) is 5.92. The smallest absolute Gasteiger partial charge is 0.411 e. The van der Waals surface area contributed by atoms with Crippen LogP contribution >= 0.6 is 0 Å². The number of amides is 1. The van der Waals surface area contributed by atoms with E-state index < -0.39 is 23.7 Å². The van der Waals surface area contributed by atoms with Gasteiger partial charge in [0, 0.05) is 6.07 Å². The molecule has 3 aromatic rings. The highest BCUT2D eigenvalue weighted by atomic mass is 19.2. The number of ether oxygens (including phenoxy) is 2. The van der Waals surface area contributed by atoms with Gasteiger partial charge in [0.2, 0.25) is 0 Å². The number of fused-ring (bicyclic) bond motifs is 1. The summed E-state index contributed by atoms with van der Waals surface area (Å²) in [5, 5.41) is 4.30. The van der Waals surface area contributed by atoms with Crippen LogP contribution in [-0.4, -0.2) is 18.7 Å². The minimum atomic E-state index is -1.22. The first kappa shape index (κ1) is 19.3. The molecule has 0 aromatic heterocycles. The van der Waals surface area contributed by atoms with Crippen LogP contribution in [0.15, 0.2) is 54.6 Å². The van der Waals surface area contributed by atoms with Gasteiger partial charge in [0.25, 0.3) is 0 Å². The number of benzene rings is 3. The Morgan fingerprint density at radius 1 is 0.929 bits per heavy atom. The van der Waals surface area contributed by atoms with Crippen molar-refractivity contribution in [2.24, 2.45) is 0 Å². The largest absolute Gasteiger partial charge is 0.462 e. The van der Waals surface area contributed by atoms with Crippen LogP contribution < -0.4 is 5.32 Å². The predicted molar refractivity (Wildman–Crippen MR) is 100 cm³/mol. The molecule has 0 atom stereocenters. The van der Waals surface area contributed by atoms with Crippen molar-refractivity contribution in [2.75, 3.05) is 11.9 Å². The Balaban J connectivity index is 1.71. The topological polar surface area (TPSA) is 64.6 Å². The molecule has 0 bridgehead atoms. The monoisotopic (exact) mass is 385 g/mol. The minimum absolute atomic E-state index is 0.0327. The van der Waals surface area contributed by atoms with Crippen molar-refractivity contribution < 1.29 is 27.8 Å². The van der Waals surface area contributed by atoms with Crippen LogP contribution in [0, 0.1) is 11.6 Å². The van der Waals surface area contributed by atoms with Crippen molar-refractivity contribution in [3.05, 3.63) is 77.4 Å². The summed E-state index contributed by atoms with van der Waals surface area (Å²) in [4.78, 5) is 24.0. The first-order valence-corrected chi connectivity index (χ1v) is 8.55. The average Bonchev–Trinajstić information content (AvgIpc) is 2.69. The lowest BCUT2D eigenvalue weighted by Gasteiger charge is -2.12. The van der Waals surface area contributed by atoms with E-state index in [2.05, 4.69) is 5.32 Å². The van der Waals surface area contributed by atoms with Crippen molar-refractivity contribution >= 4 is 28.5 Å². The number of anilines is 1. The molecule has 0 fully saturated rings. The molecule has 0 aliphatic carbocycles. The zero-order valence-corrected chi connectivity index (χ0v) is 15.0. The van der Waals surface area contributed by atoms with Crippen LogP contribution in [0.3, 0.4) is 0 Å². The van der Waals surface area contributed by atoms with E-state index in [0.29, 0.717) is 12.1 Å². The van der Waals surface area contributed by atoms with E-state index in [1.54, 1.807) is 6.92 Å². The maximum Gasteiger partial charge on any atom is 0.411 e. The third-order valence-corrected chi connectivity index (χ3v) is 3.98. The molecule has 0 aliphatic heterocycles. The molecule has 0 unspecified atom stereocenters. The SMILES string of the molecule is CCOC(=O)c1cc(F)c(F)cc1NC(=O)OCc1ccc2ccccc2c1. The van der Waals surface area contributed by atoms with E-state index >= 15 is 0 Å². The van der Waals surface area contributed by atoms with Gasteiger partial charge >= 0.3 is 12.1 Å². The molecule has 144 valence electrons. The van der Waals surface area contributed by atoms with Crippen molar-refractivity contribution in [1.82, 2.24) is 0 Å². The van der Waals surface area contributed by atoms with Crippen LogP contribution in [0.4, 0.5) is 19.3 Å². The number of carbonyl (C=O) groups excluding carboxylic acids is 2. The second kappa shape index (κ2) is 8.47. The zero-order valence-electron chi connectivity index (χ0n) is 15.0. The van der Waals surface area contributed by atoms with Crippen LogP contribution in [0.5, 0.6) is 0 Å². The number of hydrogen-bond acceptors (Lipinski definition) is 4. The van der Waals surface area contributed by atoms with Crippen LogP contribution in [0.2, 0.25) is 0 Å². The predicted octanol–water partition coefficient (Wildman–Crippen LogP) is 5.04. The number of esters is 1. The number of nitrogens with one attached hydrogen (secondary N) is 1. The van der Waals surface area contributed by atoms with Gasteiger partial charge in [-0.15, -0.1) is 0 Å². The number of halogens is 2. The van der Waals surface area contributed by atoms with Gasteiger partial charge in [-0.3, -0.25) is 5.32 Å². The first-order chi connectivity index (χ1) is 13.5.